The Kier molecular flexibility index (Phi) is 4.66. The van der Waals surface area contributed by atoms with Crippen LogP contribution in [-0.2, 0) is 4.84 Å². The van der Waals surface area contributed by atoms with Crippen LogP contribution in [0.3, 0.4) is 0 Å². The zero-order chi connectivity index (χ0) is 18.1. The van der Waals surface area contributed by atoms with Gasteiger partial charge in [-0.15, -0.1) is 11.3 Å². The highest BCUT2D eigenvalue weighted by atomic mass is 32.1. The summed E-state index contributed by atoms with van der Waals surface area (Å²) in [4.78, 5) is 9.48. The smallest absolute Gasteiger partial charge is 0.153 e. The third-order valence-electron chi connectivity index (χ3n) is 4.67. The van der Waals surface area contributed by atoms with E-state index in [0.29, 0.717) is 0 Å². The topological polar surface area (TPSA) is 29.8 Å². The lowest BCUT2D eigenvalue weighted by Gasteiger charge is -2.18. The first kappa shape index (κ1) is 17.1. The molecule has 1 aliphatic heterocycles. The van der Waals surface area contributed by atoms with Gasteiger partial charge in [0.05, 0.1) is 16.3 Å². The molecule has 134 valence electrons. The Hall–Kier alpha value is -2.37. The van der Waals surface area contributed by atoms with Gasteiger partial charge in [-0.3, -0.25) is 0 Å². The van der Waals surface area contributed by atoms with Crippen molar-refractivity contribution >= 4 is 17.0 Å². The fourth-order valence-corrected chi connectivity index (χ4v) is 4.35. The first-order valence-corrected chi connectivity index (χ1v) is 9.73. The standard InChI is InChI=1S/C21H23N3OS/c1-15-14-26-21-19(17-10-7-12-24(17)20(15)21)22-25-18(11-13-23(2)3)16-8-5-4-6-9-16/h4-10,12,14,18H,11,13H2,1-3H3/b22-19+. The van der Waals surface area contributed by atoms with Gasteiger partial charge < -0.3 is 14.3 Å². The van der Waals surface area contributed by atoms with E-state index < -0.39 is 0 Å². The molecule has 0 spiro atoms. The third-order valence-corrected chi connectivity index (χ3v) is 5.76. The molecular formula is C21H23N3OS. The number of benzene rings is 1. The lowest BCUT2D eigenvalue weighted by Crippen LogP contribution is -2.17. The van der Waals surface area contributed by atoms with E-state index in [1.54, 1.807) is 11.3 Å². The Morgan fingerprint density at radius 3 is 2.73 bits per heavy atom. The molecule has 0 aliphatic carbocycles. The number of aromatic nitrogens is 1. The van der Waals surface area contributed by atoms with Crippen LogP contribution in [0.4, 0.5) is 0 Å². The highest BCUT2D eigenvalue weighted by Gasteiger charge is 2.28. The predicted molar refractivity (Wildman–Crippen MR) is 107 cm³/mol. The van der Waals surface area contributed by atoms with E-state index in [1.165, 1.54) is 16.1 Å². The number of fused-ring (bicyclic) bond motifs is 3. The van der Waals surface area contributed by atoms with E-state index in [9.17, 15) is 0 Å². The van der Waals surface area contributed by atoms with E-state index in [1.807, 2.05) is 6.07 Å². The molecule has 0 bridgehead atoms. The summed E-state index contributed by atoms with van der Waals surface area (Å²) in [6, 6.07) is 14.5. The van der Waals surface area contributed by atoms with Crippen LogP contribution >= 0.6 is 11.3 Å². The van der Waals surface area contributed by atoms with E-state index in [0.717, 1.165) is 29.9 Å². The predicted octanol–water partition coefficient (Wildman–Crippen LogP) is 4.62. The molecule has 3 aromatic rings. The third kappa shape index (κ3) is 3.08. The summed E-state index contributed by atoms with van der Waals surface area (Å²) in [5.74, 6) is 0. The largest absolute Gasteiger partial charge is 0.387 e. The summed E-state index contributed by atoms with van der Waals surface area (Å²) in [5.41, 5.74) is 5.72. The zero-order valence-corrected chi connectivity index (χ0v) is 16.2. The molecule has 1 aliphatic rings. The van der Waals surface area contributed by atoms with Gasteiger partial charge >= 0.3 is 0 Å². The van der Waals surface area contributed by atoms with Crippen molar-refractivity contribution in [1.82, 2.24) is 9.47 Å². The minimum atomic E-state index is -0.0559. The summed E-state index contributed by atoms with van der Waals surface area (Å²) in [5, 5.41) is 6.82. The van der Waals surface area contributed by atoms with Gasteiger partial charge in [0.15, 0.2) is 6.10 Å². The fraction of sp³-hybridized carbons (Fsp3) is 0.286. The van der Waals surface area contributed by atoms with Gasteiger partial charge in [0.1, 0.15) is 5.71 Å². The van der Waals surface area contributed by atoms with Crippen molar-refractivity contribution in [2.75, 3.05) is 20.6 Å². The summed E-state index contributed by atoms with van der Waals surface area (Å²) >= 11 is 1.73. The van der Waals surface area contributed by atoms with E-state index in [2.05, 4.69) is 83.6 Å². The van der Waals surface area contributed by atoms with Gasteiger partial charge in [-0.05, 0) is 49.7 Å². The summed E-state index contributed by atoms with van der Waals surface area (Å²) in [7, 11) is 4.16. The lowest BCUT2D eigenvalue weighted by atomic mass is 10.1. The summed E-state index contributed by atoms with van der Waals surface area (Å²) in [6.45, 7) is 3.09. The number of nitrogens with zero attached hydrogens (tertiary/aromatic N) is 3. The van der Waals surface area contributed by atoms with Gasteiger partial charge in [-0.1, -0.05) is 35.5 Å². The minimum Gasteiger partial charge on any atom is -0.387 e. The number of hydrogen-bond acceptors (Lipinski definition) is 4. The number of hydrogen-bond donors (Lipinski definition) is 0. The number of thiophene rings is 1. The maximum Gasteiger partial charge on any atom is 0.153 e. The molecule has 1 aromatic carbocycles. The molecule has 0 N–H and O–H groups in total. The molecule has 2 aromatic heterocycles. The van der Waals surface area contributed by atoms with Crippen molar-refractivity contribution in [3.05, 3.63) is 75.7 Å². The second-order valence-corrected chi connectivity index (χ2v) is 7.78. The SMILES string of the molecule is Cc1csc2c1-n1cccc1/C2=N\OC(CCN(C)C)c1ccccc1. The van der Waals surface area contributed by atoms with Crippen molar-refractivity contribution < 1.29 is 4.84 Å². The zero-order valence-electron chi connectivity index (χ0n) is 15.3. The summed E-state index contributed by atoms with van der Waals surface area (Å²) < 4.78 is 2.21. The van der Waals surface area contributed by atoms with Gasteiger partial charge in [0, 0.05) is 19.2 Å². The van der Waals surface area contributed by atoms with Crippen molar-refractivity contribution in [1.29, 1.82) is 0 Å². The van der Waals surface area contributed by atoms with Crippen molar-refractivity contribution in [3.63, 3.8) is 0 Å². The van der Waals surface area contributed by atoms with Gasteiger partial charge in [-0.2, -0.15) is 0 Å². The maximum absolute atomic E-state index is 6.11. The molecule has 0 saturated heterocycles. The Labute approximate surface area is 158 Å². The minimum absolute atomic E-state index is 0.0559. The molecule has 0 amide bonds. The molecule has 0 fully saturated rings. The average molecular weight is 366 g/mol. The normalized spacial score (nSPS) is 15.3. The van der Waals surface area contributed by atoms with Crippen molar-refractivity contribution in [3.8, 4) is 5.69 Å². The second kappa shape index (κ2) is 7.09. The second-order valence-electron chi connectivity index (χ2n) is 6.90. The molecule has 1 unspecified atom stereocenters. The van der Waals surface area contributed by atoms with Crippen LogP contribution in [0.1, 0.15) is 34.2 Å². The molecule has 4 rings (SSSR count). The Morgan fingerprint density at radius 2 is 1.96 bits per heavy atom. The Bertz CT molecular complexity index is 924. The Balaban J connectivity index is 1.64. The number of rotatable bonds is 6. The molecule has 4 nitrogen and oxygen atoms in total. The van der Waals surface area contributed by atoms with Crippen LogP contribution < -0.4 is 0 Å². The first-order chi connectivity index (χ1) is 12.6. The monoisotopic (exact) mass is 365 g/mol. The van der Waals surface area contributed by atoms with Crippen LogP contribution in [0.5, 0.6) is 0 Å². The molecule has 5 heteroatoms. The quantitative estimate of drug-likeness (QED) is 0.467. The summed E-state index contributed by atoms with van der Waals surface area (Å²) in [6.07, 6.45) is 2.93. The number of oxime groups is 1. The molecule has 1 atom stereocenters. The van der Waals surface area contributed by atoms with Crippen LogP contribution in [0.2, 0.25) is 0 Å². The molecule has 0 radical (unpaired) electrons. The van der Waals surface area contributed by atoms with Crippen LogP contribution in [0, 0.1) is 6.92 Å². The van der Waals surface area contributed by atoms with Crippen molar-refractivity contribution in [2.45, 2.75) is 19.4 Å². The highest BCUT2D eigenvalue weighted by molar-refractivity contribution is 7.13. The lowest BCUT2D eigenvalue weighted by molar-refractivity contribution is 0.0474. The fourth-order valence-electron chi connectivity index (χ4n) is 3.32. The Morgan fingerprint density at radius 1 is 1.15 bits per heavy atom. The maximum atomic E-state index is 6.11. The molecule has 0 saturated carbocycles. The van der Waals surface area contributed by atoms with Crippen molar-refractivity contribution in [2.24, 2.45) is 5.16 Å². The van der Waals surface area contributed by atoms with Gasteiger partial charge in [-0.25, -0.2) is 0 Å². The van der Waals surface area contributed by atoms with Crippen LogP contribution in [-0.4, -0.2) is 35.8 Å². The van der Waals surface area contributed by atoms with Crippen LogP contribution in [0.25, 0.3) is 5.69 Å². The molecular weight excluding hydrogens is 342 g/mol. The van der Waals surface area contributed by atoms with Gasteiger partial charge in [0.25, 0.3) is 0 Å². The highest BCUT2D eigenvalue weighted by Crippen LogP contribution is 2.36. The molecule has 26 heavy (non-hydrogen) atoms. The average Bonchev–Trinajstić information content (AvgIpc) is 3.30. The van der Waals surface area contributed by atoms with E-state index in [-0.39, 0.29) is 6.10 Å². The van der Waals surface area contributed by atoms with Gasteiger partial charge in [0.2, 0.25) is 0 Å². The van der Waals surface area contributed by atoms with Crippen LogP contribution in [0.15, 0.2) is 59.2 Å². The number of aryl methyl sites for hydroxylation is 1. The first-order valence-electron chi connectivity index (χ1n) is 8.85. The van der Waals surface area contributed by atoms with E-state index >= 15 is 0 Å². The molecule has 3 heterocycles. The van der Waals surface area contributed by atoms with E-state index in [4.69, 9.17) is 4.84 Å².